The molecule has 8 heteroatoms. The first-order valence-corrected chi connectivity index (χ1v) is 10.5. The maximum Gasteiger partial charge on any atom is 0.254 e. The Morgan fingerprint density at radius 3 is 2.45 bits per heavy atom. The third-order valence-corrected chi connectivity index (χ3v) is 5.27. The fraction of sp³-hybridized carbons (Fsp3) is 0.440. The van der Waals surface area contributed by atoms with Gasteiger partial charge in [0.25, 0.3) is 5.91 Å². The molecule has 1 atom stereocenters. The minimum Gasteiger partial charge on any atom is -0.383 e. The van der Waals surface area contributed by atoms with E-state index in [0.717, 1.165) is 12.1 Å². The smallest absolute Gasteiger partial charge is 0.254 e. The molecule has 1 aromatic carbocycles. The lowest BCUT2D eigenvalue weighted by Gasteiger charge is -2.15. The van der Waals surface area contributed by atoms with E-state index >= 15 is 0 Å². The number of aromatic nitrogens is 3. The van der Waals surface area contributed by atoms with Crippen LogP contribution in [-0.4, -0.2) is 26.6 Å². The minimum absolute atomic E-state index is 0.0302. The van der Waals surface area contributed by atoms with Crippen LogP contribution in [0.2, 0.25) is 0 Å². The summed E-state index contributed by atoms with van der Waals surface area (Å²) in [6.07, 6.45) is 0.785. The lowest BCUT2D eigenvalue weighted by molar-refractivity contribution is -0.119. The number of anilines is 1. The molecular formula is C25H33N5O3. The monoisotopic (exact) mass is 457 g/mol. The predicted octanol–water partition coefficient (Wildman–Crippen LogP) is 4.30. The second-order valence-electron chi connectivity index (χ2n) is 9.33. The molecule has 0 saturated heterocycles. The first kappa shape index (κ1) is 17.1. The highest BCUT2D eigenvalue weighted by Crippen LogP contribution is 2.30. The summed E-state index contributed by atoms with van der Waals surface area (Å²) in [5.74, 6) is -1.56. The van der Waals surface area contributed by atoms with Crippen LogP contribution < -0.4 is 11.5 Å². The number of rotatable bonds is 8. The number of benzene rings is 1. The standard InChI is InChI=1S/C25H33N5O3/c1-14(2)30-23(26)21(24(27)32)22(28-30)17-9-7-16(8-10-17)15(3)20(31)12-19-11-18(29-33-19)13-25(4,5)6/h7-11,14-15H,12-13,26H2,1-6H3,(H2,27,32)/i1D3,2D3. The second-order valence-corrected chi connectivity index (χ2v) is 9.33. The van der Waals surface area contributed by atoms with E-state index in [-0.39, 0.29) is 28.9 Å². The Morgan fingerprint density at radius 2 is 1.88 bits per heavy atom. The molecule has 0 aliphatic heterocycles. The summed E-state index contributed by atoms with van der Waals surface area (Å²) < 4.78 is 52.2. The number of ketones is 1. The van der Waals surface area contributed by atoms with Gasteiger partial charge in [-0.25, -0.2) is 4.68 Å². The van der Waals surface area contributed by atoms with E-state index in [4.69, 9.17) is 24.2 Å². The Hall–Kier alpha value is -3.42. The molecule has 0 aliphatic carbocycles. The van der Waals surface area contributed by atoms with E-state index < -0.39 is 37.4 Å². The third kappa shape index (κ3) is 5.50. The quantitative estimate of drug-likeness (QED) is 0.518. The van der Waals surface area contributed by atoms with Gasteiger partial charge in [-0.05, 0) is 31.1 Å². The summed E-state index contributed by atoms with van der Waals surface area (Å²) in [5, 5.41) is 8.16. The van der Waals surface area contributed by atoms with Crippen molar-refractivity contribution in [2.24, 2.45) is 11.1 Å². The molecule has 0 saturated carbocycles. The number of amides is 1. The van der Waals surface area contributed by atoms with E-state index in [1.54, 1.807) is 37.3 Å². The molecule has 4 N–H and O–H groups in total. The van der Waals surface area contributed by atoms with Gasteiger partial charge in [0.15, 0.2) is 0 Å². The van der Waals surface area contributed by atoms with Gasteiger partial charge in [0.05, 0.1) is 12.1 Å². The van der Waals surface area contributed by atoms with Gasteiger partial charge < -0.3 is 16.0 Å². The van der Waals surface area contributed by atoms with Crippen LogP contribution in [0.25, 0.3) is 11.3 Å². The number of hydrogen-bond acceptors (Lipinski definition) is 6. The second kappa shape index (κ2) is 9.21. The SMILES string of the molecule is [2H]C([2H])([2H])C(n1nc(-c2ccc(C(C)C(=O)Cc3cc(CC(C)(C)C)no3)cc2)c(C(N)=O)c1N)C([2H])([2H])[2H]. The van der Waals surface area contributed by atoms with Gasteiger partial charge in [0.2, 0.25) is 0 Å². The summed E-state index contributed by atoms with van der Waals surface area (Å²) in [5.41, 5.74) is 13.0. The number of primary amides is 1. The molecule has 0 radical (unpaired) electrons. The van der Waals surface area contributed by atoms with Crippen molar-refractivity contribution in [3.8, 4) is 11.3 Å². The highest BCUT2D eigenvalue weighted by Gasteiger charge is 2.24. The molecule has 33 heavy (non-hydrogen) atoms. The Morgan fingerprint density at radius 1 is 1.21 bits per heavy atom. The first-order valence-electron chi connectivity index (χ1n) is 13.5. The highest BCUT2D eigenvalue weighted by atomic mass is 16.5. The van der Waals surface area contributed by atoms with E-state index in [1.807, 2.05) is 0 Å². The van der Waals surface area contributed by atoms with Crippen molar-refractivity contribution in [3.63, 3.8) is 0 Å². The summed E-state index contributed by atoms with van der Waals surface area (Å²) in [6.45, 7) is 2.03. The van der Waals surface area contributed by atoms with E-state index in [1.165, 1.54) is 0 Å². The molecule has 2 heterocycles. The Labute approximate surface area is 202 Å². The molecule has 3 aromatic rings. The molecule has 0 spiro atoms. The van der Waals surface area contributed by atoms with Gasteiger partial charge in [-0.2, -0.15) is 5.10 Å². The highest BCUT2D eigenvalue weighted by molar-refractivity contribution is 6.03. The van der Waals surface area contributed by atoms with E-state index in [0.29, 0.717) is 21.6 Å². The van der Waals surface area contributed by atoms with Gasteiger partial charge >= 0.3 is 0 Å². The van der Waals surface area contributed by atoms with Crippen molar-refractivity contribution < 1.29 is 22.3 Å². The van der Waals surface area contributed by atoms with Crippen molar-refractivity contribution in [1.82, 2.24) is 14.9 Å². The Balaban J connectivity index is 1.88. The Bertz CT molecular complexity index is 1340. The zero-order chi connectivity index (χ0) is 29.5. The topological polar surface area (TPSA) is 130 Å². The maximum atomic E-state index is 12.9. The molecule has 1 unspecified atom stereocenters. The lowest BCUT2D eigenvalue weighted by atomic mass is 9.90. The van der Waals surface area contributed by atoms with Crippen LogP contribution in [-0.2, 0) is 17.6 Å². The molecular weight excluding hydrogens is 418 g/mol. The van der Waals surface area contributed by atoms with Crippen molar-refractivity contribution in [3.05, 3.63) is 52.9 Å². The lowest BCUT2D eigenvalue weighted by Crippen LogP contribution is -2.15. The van der Waals surface area contributed by atoms with Gasteiger partial charge in [0.1, 0.15) is 28.6 Å². The average molecular weight is 458 g/mol. The molecule has 2 aromatic heterocycles. The molecule has 0 aliphatic rings. The molecule has 176 valence electrons. The molecule has 0 fully saturated rings. The van der Waals surface area contributed by atoms with Crippen LogP contribution in [0.15, 0.2) is 34.9 Å². The number of nitrogen functional groups attached to an aromatic ring is 1. The van der Waals surface area contributed by atoms with Crippen molar-refractivity contribution in [1.29, 1.82) is 0 Å². The number of Topliss-reactive ketones (excluding diaryl/α,β-unsaturated/α-hetero) is 1. The van der Waals surface area contributed by atoms with Gasteiger partial charge in [-0.15, -0.1) is 0 Å². The van der Waals surface area contributed by atoms with E-state index in [9.17, 15) is 9.59 Å². The fourth-order valence-corrected chi connectivity index (χ4v) is 3.60. The zero-order valence-corrected chi connectivity index (χ0v) is 19.2. The van der Waals surface area contributed by atoms with Crippen molar-refractivity contribution in [2.45, 2.75) is 66.2 Å². The van der Waals surface area contributed by atoms with Crippen molar-refractivity contribution >= 4 is 17.5 Å². The minimum atomic E-state index is -2.99. The molecule has 3 rings (SSSR count). The number of carbonyl (C=O) groups is 2. The molecule has 0 bridgehead atoms. The van der Waals surface area contributed by atoms with Crippen molar-refractivity contribution in [2.75, 3.05) is 5.73 Å². The fourth-order valence-electron chi connectivity index (χ4n) is 3.60. The maximum absolute atomic E-state index is 12.9. The third-order valence-electron chi connectivity index (χ3n) is 5.27. The molecule has 1 amide bonds. The zero-order valence-electron chi connectivity index (χ0n) is 25.2. The summed E-state index contributed by atoms with van der Waals surface area (Å²) >= 11 is 0. The van der Waals surface area contributed by atoms with Gasteiger partial charge in [0, 0.05) is 31.8 Å². The van der Waals surface area contributed by atoms with Crippen LogP contribution in [0, 0.1) is 5.41 Å². The number of nitrogens with zero attached hydrogens (tertiary/aromatic N) is 3. The number of carbonyl (C=O) groups excluding carboxylic acids is 2. The summed E-state index contributed by atoms with van der Waals surface area (Å²) in [4.78, 5) is 25.1. The van der Waals surface area contributed by atoms with E-state index in [2.05, 4.69) is 31.0 Å². The average Bonchev–Trinajstić information content (AvgIpc) is 3.34. The van der Waals surface area contributed by atoms with Gasteiger partial charge in [-0.1, -0.05) is 57.1 Å². The van der Waals surface area contributed by atoms with Crippen LogP contribution in [0.5, 0.6) is 0 Å². The van der Waals surface area contributed by atoms with Gasteiger partial charge in [-0.3, -0.25) is 9.59 Å². The largest absolute Gasteiger partial charge is 0.383 e. The Kier molecular flexibility index (Phi) is 4.78. The van der Waals surface area contributed by atoms with Crippen LogP contribution in [0.4, 0.5) is 5.82 Å². The predicted molar refractivity (Wildman–Crippen MR) is 128 cm³/mol. The van der Waals surface area contributed by atoms with Crippen LogP contribution in [0.3, 0.4) is 0 Å². The first-order chi connectivity index (χ1) is 17.8. The summed E-state index contributed by atoms with van der Waals surface area (Å²) in [6, 6.07) is 6.17. The summed E-state index contributed by atoms with van der Waals surface area (Å²) in [7, 11) is 0. The number of hydrogen-bond donors (Lipinski definition) is 2. The van der Waals surface area contributed by atoms with Crippen LogP contribution >= 0.6 is 0 Å². The number of nitrogens with two attached hydrogens (primary N) is 2. The molecule has 8 nitrogen and oxygen atoms in total. The van der Waals surface area contributed by atoms with Crippen LogP contribution in [0.1, 0.15) is 89.0 Å². The normalized spacial score (nSPS) is 16.3.